The topological polar surface area (TPSA) is 32.3 Å². The molecule has 1 aliphatic rings. The van der Waals surface area contributed by atoms with Crippen LogP contribution in [0, 0.1) is 0 Å². The Morgan fingerprint density at radius 3 is 3.00 bits per heavy atom. The molecule has 0 radical (unpaired) electrons. The van der Waals surface area contributed by atoms with Gasteiger partial charge in [-0.3, -0.25) is 10.1 Å². The number of thioether (sulfide) groups is 1. The second-order valence-electron chi connectivity index (χ2n) is 4.14. The maximum atomic E-state index is 12.0. The lowest BCUT2D eigenvalue weighted by molar-refractivity contribution is -0.130. The summed E-state index contributed by atoms with van der Waals surface area (Å²) in [7, 11) is 0. The van der Waals surface area contributed by atoms with E-state index in [1.54, 1.807) is 0 Å². The van der Waals surface area contributed by atoms with E-state index < -0.39 is 0 Å². The van der Waals surface area contributed by atoms with Crippen molar-refractivity contribution in [2.45, 2.75) is 45.2 Å². The molecular weight excluding hydrogens is 208 g/mol. The zero-order valence-electron chi connectivity index (χ0n) is 9.95. The minimum Gasteiger partial charge on any atom is -0.326 e. The van der Waals surface area contributed by atoms with E-state index in [-0.39, 0.29) is 6.04 Å². The van der Waals surface area contributed by atoms with Crippen molar-refractivity contribution >= 4 is 17.7 Å². The molecule has 2 atom stereocenters. The van der Waals surface area contributed by atoms with Gasteiger partial charge >= 0.3 is 0 Å². The first kappa shape index (κ1) is 12.8. The van der Waals surface area contributed by atoms with Gasteiger partial charge in [-0.2, -0.15) is 11.8 Å². The molecule has 3 nitrogen and oxygen atoms in total. The molecule has 0 aliphatic carbocycles. The van der Waals surface area contributed by atoms with E-state index in [1.165, 1.54) is 0 Å². The highest BCUT2D eigenvalue weighted by Gasteiger charge is 2.32. The standard InChI is InChI=1S/C11H22N2OS/c1-4-5-10-11(14)13(8-12-10)9(2)6-7-15-3/h9-10,12H,4-8H2,1-3H3. The van der Waals surface area contributed by atoms with Crippen LogP contribution in [0.5, 0.6) is 0 Å². The Kier molecular flexibility index (Phi) is 5.47. The van der Waals surface area contributed by atoms with Gasteiger partial charge < -0.3 is 4.90 Å². The number of rotatable bonds is 6. The predicted molar refractivity (Wildman–Crippen MR) is 66.0 cm³/mol. The van der Waals surface area contributed by atoms with Gasteiger partial charge in [0.2, 0.25) is 5.91 Å². The van der Waals surface area contributed by atoms with Crippen molar-refractivity contribution in [2.75, 3.05) is 18.7 Å². The Bertz CT molecular complexity index is 211. The number of hydrogen-bond donors (Lipinski definition) is 1. The van der Waals surface area contributed by atoms with Gasteiger partial charge in [-0.05, 0) is 31.8 Å². The predicted octanol–water partition coefficient (Wildman–Crippen LogP) is 1.69. The van der Waals surface area contributed by atoms with Crippen molar-refractivity contribution < 1.29 is 4.79 Å². The molecule has 1 N–H and O–H groups in total. The summed E-state index contributed by atoms with van der Waals surface area (Å²) in [5.74, 6) is 1.43. The SMILES string of the molecule is CCCC1NCN(C(C)CCSC)C1=O. The van der Waals surface area contributed by atoms with E-state index >= 15 is 0 Å². The Morgan fingerprint density at radius 1 is 1.67 bits per heavy atom. The number of carbonyl (C=O) groups is 1. The minimum absolute atomic E-state index is 0.0757. The number of carbonyl (C=O) groups excluding carboxylic acids is 1. The average Bonchev–Trinajstić information content (AvgIpc) is 2.58. The third-order valence-corrected chi connectivity index (χ3v) is 3.58. The van der Waals surface area contributed by atoms with Gasteiger partial charge in [-0.15, -0.1) is 0 Å². The number of nitrogens with one attached hydrogen (secondary N) is 1. The fourth-order valence-electron chi connectivity index (χ4n) is 1.91. The highest BCUT2D eigenvalue weighted by Crippen LogP contribution is 2.15. The molecule has 1 heterocycles. The van der Waals surface area contributed by atoms with Gasteiger partial charge in [0.1, 0.15) is 0 Å². The molecule has 0 spiro atoms. The molecule has 0 aromatic rings. The van der Waals surface area contributed by atoms with E-state index in [2.05, 4.69) is 25.4 Å². The van der Waals surface area contributed by atoms with Gasteiger partial charge in [0.25, 0.3) is 0 Å². The molecular formula is C11H22N2OS. The normalized spacial score (nSPS) is 23.5. The molecule has 1 fully saturated rings. The first-order chi connectivity index (χ1) is 7.20. The Balaban J connectivity index is 2.40. The third-order valence-electron chi connectivity index (χ3n) is 2.94. The van der Waals surface area contributed by atoms with Crippen molar-refractivity contribution in [3.63, 3.8) is 0 Å². The van der Waals surface area contributed by atoms with Crippen molar-refractivity contribution in [2.24, 2.45) is 0 Å². The molecule has 88 valence electrons. The summed E-state index contributed by atoms with van der Waals surface area (Å²) in [6.07, 6.45) is 5.23. The second kappa shape index (κ2) is 6.38. The zero-order chi connectivity index (χ0) is 11.3. The summed E-state index contributed by atoms with van der Waals surface area (Å²) in [6, 6.07) is 0.450. The van der Waals surface area contributed by atoms with Crippen LogP contribution < -0.4 is 5.32 Å². The lowest BCUT2D eigenvalue weighted by Crippen LogP contribution is -2.37. The van der Waals surface area contributed by atoms with E-state index in [0.29, 0.717) is 11.9 Å². The van der Waals surface area contributed by atoms with Crippen molar-refractivity contribution in [3.05, 3.63) is 0 Å². The van der Waals surface area contributed by atoms with Crippen molar-refractivity contribution in [1.82, 2.24) is 10.2 Å². The summed E-state index contributed by atoms with van der Waals surface area (Å²) < 4.78 is 0. The van der Waals surface area contributed by atoms with Crippen LogP contribution in [-0.2, 0) is 4.79 Å². The molecule has 4 heteroatoms. The van der Waals surface area contributed by atoms with Gasteiger partial charge in [0.15, 0.2) is 0 Å². The van der Waals surface area contributed by atoms with Crippen LogP contribution in [0.2, 0.25) is 0 Å². The lowest BCUT2D eigenvalue weighted by Gasteiger charge is -2.23. The smallest absolute Gasteiger partial charge is 0.241 e. The number of hydrogen-bond acceptors (Lipinski definition) is 3. The molecule has 0 aromatic carbocycles. The molecule has 15 heavy (non-hydrogen) atoms. The molecule has 0 aromatic heterocycles. The second-order valence-corrected chi connectivity index (χ2v) is 5.13. The average molecular weight is 230 g/mol. The summed E-state index contributed by atoms with van der Waals surface area (Å²) in [5, 5.41) is 3.28. The molecule has 1 rings (SSSR count). The van der Waals surface area contributed by atoms with Crippen molar-refractivity contribution in [3.8, 4) is 0 Å². The summed E-state index contributed by atoms with van der Waals surface area (Å²) >= 11 is 1.84. The lowest BCUT2D eigenvalue weighted by atomic mass is 10.1. The summed E-state index contributed by atoms with van der Waals surface area (Å²) in [4.78, 5) is 13.9. The highest BCUT2D eigenvalue weighted by atomic mass is 32.2. The molecule has 1 saturated heterocycles. The fourth-order valence-corrected chi connectivity index (χ4v) is 2.48. The zero-order valence-corrected chi connectivity index (χ0v) is 10.8. The van der Waals surface area contributed by atoms with Crippen LogP contribution in [0.25, 0.3) is 0 Å². The first-order valence-corrected chi connectivity index (χ1v) is 7.12. The quantitative estimate of drug-likeness (QED) is 0.753. The van der Waals surface area contributed by atoms with Gasteiger partial charge in [-0.1, -0.05) is 13.3 Å². The summed E-state index contributed by atoms with van der Waals surface area (Å²) in [5.41, 5.74) is 0. The third kappa shape index (κ3) is 3.38. The summed E-state index contributed by atoms with van der Waals surface area (Å²) in [6.45, 7) is 5.00. The largest absolute Gasteiger partial charge is 0.326 e. The van der Waals surface area contributed by atoms with Gasteiger partial charge in [-0.25, -0.2) is 0 Å². The van der Waals surface area contributed by atoms with Crippen LogP contribution in [0.15, 0.2) is 0 Å². The highest BCUT2D eigenvalue weighted by molar-refractivity contribution is 7.98. The number of nitrogens with zero attached hydrogens (tertiary/aromatic N) is 1. The Labute approximate surface area is 97.0 Å². The molecule has 0 bridgehead atoms. The van der Waals surface area contributed by atoms with Gasteiger partial charge in [0, 0.05) is 6.04 Å². The van der Waals surface area contributed by atoms with Crippen LogP contribution in [-0.4, -0.2) is 41.6 Å². The van der Waals surface area contributed by atoms with E-state index in [9.17, 15) is 4.79 Å². The monoisotopic (exact) mass is 230 g/mol. The molecule has 2 unspecified atom stereocenters. The number of amides is 1. The fraction of sp³-hybridized carbons (Fsp3) is 0.909. The van der Waals surface area contributed by atoms with Crippen LogP contribution in [0.1, 0.15) is 33.1 Å². The van der Waals surface area contributed by atoms with E-state index in [4.69, 9.17) is 0 Å². The molecule has 1 aliphatic heterocycles. The van der Waals surface area contributed by atoms with E-state index in [1.807, 2.05) is 16.7 Å². The van der Waals surface area contributed by atoms with E-state index in [0.717, 1.165) is 31.7 Å². The van der Waals surface area contributed by atoms with Crippen LogP contribution >= 0.6 is 11.8 Å². The maximum absolute atomic E-state index is 12.0. The van der Waals surface area contributed by atoms with Crippen LogP contribution in [0.3, 0.4) is 0 Å². The van der Waals surface area contributed by atoms with Crippen LogP contribution in [0.4, 0.5) is 0 Å². The van der Waals surface area contributed by atoms with Gasteiger partial charge in [0.05, 0.1) is 12.7 Å². The van der Waals surface area contributed by atoms with Crippen molar-refractivity contribution in [1.29, 1.82) is 0 Å². The minimum atomic E-state index is 0.0757. The Hall–Kier alpha value is -0.220. The first-order valence-electron chi connectivity index (χ1n) is 5.73. The molecule has 0 saturated carbocycles. The Morgan fingerprint density at radius 2 is 2.40 bits per heavy atom. The maximum Gasteiger partial charge on any atom is 0.241 e. The molecule has 1 amide bonds.